The van der Waals surface area contributed by atoms with E-state index in [2.05, 4.69) is 168 Å². The molecule has 4 aromatic heterocycles. The first-order valence-corrected chi connectivity index (χ1v) is 20.2. The molecule has 0 aliphatic carbocycles. The molecular weight excluding hydrogens is 707 g/mol. The Morgan fingerprint density at radius 2 is 1.00 bits per heavy atom. The van der Waals surface area contributed by atoms with Crippen LogP contribution in [0.1, 0.15) is 0 Å². The van der Waals surface area contributed by atoms with Crippen LogP contribution >= 0.6 is 22.7 Å². The quantitative estimate of drug-likeness (QED) is 0.166. The van der Waals surface area contributed by atoms with Crippen LogP contribution in [-0.4, -0.2) is 14.5 Å². The summed E-state index contributed by atoms with van der Waals surface area (Å²) in [5, 5.41) is 16.1. The van der Waals surface area contributed by atoms with Crippen LogP contribution in [0.2, 0.25) is 0 Å². The minimum Gasteiger partial charge on any atom is -0.291 e. The highest BCUT2D eigenvalue weighted by molar-refractivity contribution is 7.26. The van der Waals surface area contributed by atoms with E-state index in [0.717, 1.165) is 43.8 Å². The Morgan fingerprint density at radius 1 is 0.400 bits per heavy atom. The van der Waals surface area contributed by atoms with Gasteiger partial charge in [0.1, 0.15) is 16.0 Å². The highest BCUT2D eigenvalue weighted by Crippen LogP contribution is 2.47. The van der Waals surface area contributed by atoms with Crippen LogP contribution in [-0.2, 0) is 0 Å². The van der Waals surface area contributed by atoms with Crippen LogP contribution in [0.25, 0.3) is 123 Å². The molecule has 0 aliphatic rings. The summed E-state index contributed by atoms with van der Waals surface area (Å²) in [6.07, 6.45) is 0. The molecule has 0 unspecified atom stereocenters. The third-order valence-electron chi connectivity index (χ3n) is 11.6. The summed E-state index contributed by atoms with van der Waals surface area (Å²) in [6.45, 7) is 0. The maximum atomic E-state index is 5.73. The molecule has 13 aromatic rings. The van der Waals surface area contributed by atoms with Crippen LogP contribution in [0.3, 0.4) is 0 Å². The lowest BCUT2D eigenvalue weighted by atomic mass is 9.91. The van der Waals surface area contributed by atoms with E-state index in [-0.39, 0.29) is 0 Å². The molecule has 4 heterocycles. The van der Waals surface area contributed by atoms with Gasteiger partial charge in [0.25, 0.3) is 0 Å². The van der Waals surface area contributed by atoms with Gasteiger partial charge in [0, 0.05) is 57.4 Å². The SMILES string of the molecule is c1ccc2c(c1)ccc1c3c4c5ccccc5c5ccccc5c4ccc3n(-c3nc4c(nc3-c3ccc5sc6ccccc6c5c3)sc3ccccc34)c21. The molecule has 13 rings (SSSR count). The number of aromatic nitrogens is 3. The number of benzene rings is 9. The van der Waals surface area contributed by atoms with E-state index in [9.17, 15) is 0 Å². The van der Waals surface area contributed by atoms with Crippen LogP contribution in [0.5, 0.6) is 0 Å². The predicted octanol–water partition coefficient (Wildman–Crippen LogP) is 14.6. The van der Waals surface area contributed by atoms with E-state index < -0.39 is 0 Å². The Bertz CT molecular complexity index is 3760. The summed E-state index contributed by atoms with van der Waals surface area (Å²) in [6, 6.07) is 59.9. The van der Waals surface area contributed by atoms with Crippen molar-refractivity contribution in [2.75, 3.05) is 0 Å². The van der Waals surface area contributed by atoms with Crippen molar-refractivity contribution in [2.24, 2.45) is 0 Å². The lowest BCUT2D eigenvalue weighted by Crippen LogP contribution is -2.03. The van der Waals surface area contributed by atoms with Gasteiger partial charge in [-0.05, 0) is 62.6 Å². The standard InChI is InChI=1S/C50H27N3S2/c1-2-12-30-28(11-1)21-23-38-45-40(25-24-36-33-15-4-3-13-31(33)32-14-5-6-17-35(32)44(36)45)53(48(30)38)49-46(52-50-47(51-49)37-18-8-10-20-42(37)55-50)29-22-26-43-39(27-29)34-16-7-9-19-41(34)54-43/h1-27H. The van der Waals surface area contributed by atoms with Crippen molar-refractivity contribution in [1.82, 2.24) is 14.5 Å². The molecule has 254 valence electrons. The van der Waals surface area contributed by atoms with E-state index in [1.807, 2.05) is 11.3 Å². The van der Waals surface area contributed by atoms with Gasteiger partial charge in [-0.3, -0.25) is 4.57 Å². The van der Waals surface area contributed by atoms with Crippen LogP contribution in [0, 0.1) is 0 Å². The monoisotopic (exact) mass is 733 g/mol. The molecule has 0 saturated carbocycles. The maximum absolute atomic E-state index is 5.73. The molecule has 0 bridgehead atoms. The van der Waals surface area contributed by atoms with Gasteiger partial charge in [0.15, 0.2) is 5.82 Å². The van der Waals surface area contributed by atoms with Gasteiger partial charge in [-0.15, -0.1) is 22.7 Å². The van der Waals surface area contributed by atoms with Gasteiger partial charge in [-0.1, -0.05) is 133 Å². The Labute approximate surface area is 322 Å². The van der Waals surface area contributed by atoms with Crippen LogP contribution in [0.4, 0.5) is 0 Å². The molecule has 55 heavy (non-hydrogen) atoms. The number of fused-ring (bicyclic) bond motifs is 18. The third kappa shape index (κ3) is 4.03. The topological polar surface area (TPSA) is 30.7 Å². The van der Waals surface area contributed by atoms with E-state index in [0.29, 0.717) is 0 Å². The molecule has 0 radical (unpaired) electrons. The van der Waals surface area contributed by atoms with Gasteiger partial charge in [-0.2, -0.15) is 0 Å². The summed E-state index contributed by atoms with van der Waals surface area (Å²) < 4.78 is 6.19. The second kappa shape index (κ2) is 11.0. The molecule has 0 N–H and O–H groups in total. The second-order valence-electron chi connectivity index (χ2n) is 14.4. The summed E-state index contributed by atoms with van der Waals surface area (Å²) in [4.78, 5) is 12.3. The minimum atomic E-state index is 0.843. The van der Waals surface area contributed by atoms with Gasteiger partial charge in [0.2, 0.25) is 0 Å². The van der Waals surface area contributed by atoms with Crippen molar-refractivity contribution >= 4 is 128 Å². The average molecular weight is 734 g/mol. The first-order valence-electron chi connectivity index (χ1n) is 18.6. The zero-order valence-electron chi connectivity index (χ0n) is 29.2. The fourth-order valence-corrected chi connectivity index (χ4v) is 11.3. The molecule has 3 nitrogen and oxygen atoms in total. The van der Waals surface area contributed by atoms with Crippen LogP contribution < -0.4 is 0 Å². The molecule has 0 amide bonds. The number of thiophene rings is 2. The van der Waals surface area contributed by atoms with E-state index in [4.69, 9.17) is 9.97 Å². The third-order valence-corrected chi connectivity index (χ3v) is 13.8. The number of rotatable bonds is 2. The Hall–Kier alpha value is -6.66. The van der Waals surface area contributed by atoms with E-state index in [1.54, 1.807) is 11.3 Å². The Kier molecular flexibility index (Phi) is 5.93. The fourth-order valence-electron chi connectivity index (χ4n) is 9.22. The lowest BCUT2D eigenvalue weighted by molar-refractivity contribution is 1.09. The highest BCUT2D eigenvalue weighted by Gasteiger charge is 2.25. The van der Waals surface area contributed by atoms with Crippen molar-refractivity contribution in [2.45, 2.75) is 0 Å². The zero-order valence-corrected chi connectivity index (χ0v) is 30.9. The molecule has 0 atom stereocenters. The summed E-state index contributed by atoms with van der Waals surface area (Å²) in [5.41, 5.74) is 5.15. The predicted molar refractivity (Wildman–Crippen MR) is 238 cm³/mol. The fraction of sp³-hybridized carbons (Fsp3) is 0. The van der Waals surface area contributed by atoms with Gasteiger partial charge in [0.05, 0.1) is 11.0 Å². The Balaban J connectivity index is 1.26. The molecule has 5 heteroatoms. The smallest absolute Gasteiger partial charge is 0.165 e. The number of nitrogens with zero attached hydrogens (tertiary/aromatic N) is 3. The first kappa shape index (κ1) is 29.8. The van der Waals surface area contributed by atoms with Crippen molar-refractivity contribution < 1.29 is 0 Å². The molecular formula is C50H27N3S2. The molecule has 0 saturated heterocycles. The zero-order chi connectivity index (χ0) is 35.8. The lowest BCUT2D eigenvalue weighted by Gasteiger charge is -2.15. The largest absolute Gasteiger partial charge is 0.291 e. The summed E-state index contributed by atoms with van der Waals surface area (Å²) in [5.74, 6) is 0.843. The van der Waals surface area contributed by atoms with E-state index in [1.165, 1.54) is 78.7 Å². The Morgan fingerprint density at radius 3 is 1.80 bits per heavy atom. The highest BCUT2D eigenvalue weighted by atomic mass is 32.1. The molecule has 0 spiro atoms. The van der Waals surface area contributed by atoms with Gasteiger partial charge >= 0.3 is 0 Å². The average Bonchev–Trinajstić information content (AvgIpc) is 3.92. The molecule has 0 aliphatic heterocycles. The second-order valence-corrected chi connectivity index (χ2v) is 16.6. The molecule has 0 fully saturated rings. The van der Waals surface area contributed by atoms with Gasteiger partial charge < -0.3 is 0 Å². The first-order chi connectivity index (χ1) is 27.3. The van der Waals surface area contributed by atoms with Crippen LogP contribution in [0.15, 0.2) is 164 Å². The minimum absolute atomic E-state index is 0.843. The number of hydrogen-bond acceptors (Lipinski definition) is 4. The normalized spacial score (nSPS) is 12.4. The van der Waals surface area contributed by atoms with Crippen molar-refractivity contribution in [3.63, 3.8) is 0 Å². The van der Waals surface area contributed by atoms with Crippen molar-refractivity contribution in [3.05, 3.63) is 164 Å². The van der Waals surface area contributed by atoms with Crippen molar-refractivity contribution in [3.8, 4) is 17.1 Å². The maximum Gasteiger partial charge on any atom is 0.165 e. The summed E-state index contributed by atoms with van der Waals surface area (Å²) >= 11 is 3.56. The summed E-state index contributed by atoms with van der Waals surface area (Å²) in [7, 11) is 0. The van der Waals surface area contributed by atoms with Gasteiger partial charge in [-0.25, -0.2) is 9.97 Å². The van der Waals surface area contributed by atoms with E-state index >= 15 is 0 Å². The number of hydrogen-bond donors (Lipinski definition) is 0. The van der Waals surface area contributed by atoms with Crippen molar-refractivity contribution in [1.29, 1.82) is 0 Å². The molecule has 9 aromatic carbocycles.